The minimum Gasteiger partial charge on any atom is -0.357 e. The molecule has 10 heteroatoms. The van der Waals surface area contributed by atoms with Crippen LogP contribution in [0.1, 0.15) is 0 Å². The van der Waals surface area contributed by atoms with Gasteiger partial charge < -0.3 is 10.6 Å². The largest absolute Gasteiger partial charge is 0.357 e. The summed E-state index contributed by atoms with van der Waals surface area (Å²) in [5, 5.41) is 15.3. The van der Waals surface area contributed by atoms with Gasteiger partial charge in [-0.15, -0.1) is 16.8 Å². The molecule has 1 amide bonds. The van der Waals surface area contributed by atoms with Gasteiger partial charge in [0.05, 0.1) is 21.5 Å². The fourth-order valence-electron chi connectivity index (χ4n) is 1.46. The van der Waals surface area contributed by atoms with Gasteiger partial charge in [-0.05, 0) is 12.1 Å². The lowest BCUT2D eigenvalue weighted by Crippen LogP contribution is -2.14. The highest BCUT2D eigenvalue weighted by Gasteiger charge is 2.13. The molecule has 0 fully saturated rings. The molecule has 0 saturated carbocycles. The first-order valence-electron chi connectivity index (χ1n) is 6.25. The molecule has 0 atom stereocenters. The van der Waals surface area contributed by atoms with Gasteiger partial charge in [0.1, 0.15) is 0 Å². The molecule has 0 radical (unpaired) electrons. The number of amides is 1. The summed E-state index contributed by atoms with van der Waals surface area (Å²) in [6, 6.07) is 3.03. The summed E-state index contributed by atoms with van der Waals surface area (Å²) in [4.78, 5) is 12.0. The summed E-state index contributed by atoms with van der Waals surface area (Å²) < 4.78 is 0.681. The quantitative estimate of drug-likeness (QED) is 0.506. The Bertz CT molecular complexity index is 700. The highest BCUT2D eigenvalue weighted by atomic mass is 35.5. The van der Waals surface area contributed by atoms with E-state index in [1.165, 1.54) is 35.2 Å². The van der Waals surface area contributed by atoms with Crippen LogP contribution in [-0.4, -0.2) is 28.4 Å². The Morgan fingerprint density at radius 1 is 1.30 bits per heavy atom. The molecule has 0 aliphatic heterocycles. The summed E-state index contributed by atoms with van der Waals surface area (Å²) >= 11 is 20.5. The Balaban J connectivity index is 1.90. The van der Waals surface area contributed by atoms with E-state index in [2.05, 4.69) is 27.4 Å². The predicted octanol–water partition coefficient (Wildman–Crippen LogP) is 4.83. The molecular weight excluding hydrogens is 399 g/mol. The van der Waals surface area contributed by atoms with Gasteiger partial charge >= 0.3 is 0 Å². The number of thioether (sulfide) groups is 1. The number of hydrogen-bond donors (Lipinski definition) is 2. The van der Waals surface area contributed by atoms with Gasteiger partial charge in [0.2, 0.25) is 11.0 Å². The van der Waals surface area contributed by atoms with Crippen molar-refractivity contribution in [2.24, 2.45) is 0 Å². The van der Waals surface area contributed by atoms with Crippen LogP contribution in [0.25, 0.3) is 0 Å². The van der Waals surface area contributed by atoms with Gasteiger partial charge in [-0.25, -0.2) is 0 Å². The van der Waals surface area contributed by atoms with E-state index in [0.717, 1.165) is 0 Å². The number of hydrogen-bond acceptors (Lipinski definition) is 6. The molecule has 0 aliphatic carbocycles. The first-order valence-corrected chi connectivity index (χ1v) is 9.18. The van der Waals surface area contributed by atoms with E-state index in [0.29, 0.717) is 26.7 Å². The van der Waals surface area contributed by atoms with Crippen LogP contribution in [-0.2, 0) is 4.79 Å². The minimum absolute atomic E-state index is 0.158. The predicted molar refractivity (Wildman–Crippen MR) is 99.4 cm³/mol. The second kappa shape index (κ2) is 8.75. The Kier molecular flexibility index (Phi) is 6.98. The van der Waals surface area contributed by atoms with Crippen LogP contribution in [0.15, 0.2) is 29.1 Å². The van der Waals surface area contributed by atoms with E-state index < -0.39 is 0 Å². The normalized spacial score (nSPS) is 10.4. The number of nitrogens with zero attached hydrogens (tertiary/aromatic N) is 2. The number of carbonyl (C=O) groups excluding carboxylic acids is 1. The zero-order valence-corrected chi connectivity index (χ0v) is 15.5. The Hall–Kier alpha value is -0.990. The lowest BCUT2D eigenvalue weighted by atomic mass is 10.3. The molecule has 122 valence electrons. The number of benzene rings is 1. The second-order valence-electron chi connectivity index (χ2n) is 4.12. The molecule has 0 bridgehead atoms. The van der Waals surface area contributed by atoms with E-state index in [1.54, 1.807) is 6.08 Å². The van der Waals surface area contributed by atoms with Crippen LogP contribution >= 0.6 is 57.9 Å². The van der Waals surface area contributed by atoms with Gasteiger partial charge in [0.25, 0.3) is 0 Å². The average molecular weight is 410 g/mol. The third kappa shape index (κ3) is 5.54. The molecule has 0 aliphatic rings. The maximum absolute atomic E-state index is 12.0. The summed E-state index contributed by atoms with van der Waals surface area (Å²) in [7, 11) is 0. The molecule has 0 saturated heterocycles. The van der Waals surface area contributed by atoms with Gasteiger partial charge in [-0.3, -0.25) is 4.79 Å². The second-order valence-corrected chi connectivity index (χ2v) is 7.57. The van der Waals surface area contributed by atoms with Crippen LogP contribution in [0.4, 0.5) is 10.8 Å². The van der Waals surface area contributed by atoms with Gasteiger partial charge in [0.15, 0.2) is 4.34 Å². The monoisotopic (exact) mass is 408 g/mol. The number of rotatable bonds is 7. The van der Waals surface area contributed by atoms with E-state index in [9.17, 15) is 4.79 Å². The first kappa shape index (κ1) is 18.4. The van der Waals surface area contributed by atoms with Gasteiger partial charge in [0, 0.05) is 11.6 Å². The van der Waals surface area contributed by atoms with Crippen molar-refractivity contribution in [2.45, 2.75) is 4.34 Å². The lowest BCUT2D eigenvalue weighted by molar-refractivity contribution is -0.113. The zero-order valence-electron chi connectivity index (χ0n) is 11.6. The third-order valence-electron chi connectivity index (χ3n) is 2.40. The van der Waals surface area contributed by atoms with Crippen molar-refractivity contribution in [2.75, 3.05) is 22.9 Å². The lowest BCUT2D eigenvalue weighted by Gasteiger charge is -2.09. The van der Waals surface area contributed by atoms with E-state index >= 15 is 0 Å². The Labute approximate surface area is 156 Å². The summed E-state index contributed by atoms with van der Waals surface area (Å²) in [6.07, 6.45) is 1.72. The molecule has 2 rings (SSSR count). The van der Waals surface area contributed by atoms with Crippen LogP contribution in [0, 0.1) is 0 Å². The standard InChI is InChI=1S/C13H11Cl3N4OS2/c1-2-3-17-12-19-20-13(23-12)22-6-10(21)18-11-8(15)4-7(14)5-9(11)16/h2,4-5H,1,3,6H2,(H,17,19)(H,18,21). The Morgan fingerprint density at radius 2 is 2.00 bits per heavy atom. The maximum atomic E-state index is 12.0. The SMILES string of the molecule is C=CCNc1nnc(SCC(=O)Nc2c(Cl)cc(Cl)cc2Cl)s1. The van der Waals surface area contributed by atoms with Gasteiger partial charge in [-0.1, -0.05) is 64.0 Å². The molecule has 23 heavy (non-hydrogen) atoms. The number of halogens is 3. The van der Waals surface area contributed by atoms with E-state index in [4.69, 9.17) is 34.8 Å². The van der Waals surface area contributed by atoms with Crippen molar-refractivity contribution >= 4 is 74.6 Å². The van der Waals surface area contributed by atoms with E-state index in [-0.39, 0.29) is 21.7 Å². The zero-order chi connectivity index (χ0) is 16.8. The molecule has 2 aromatic rings. The topological polar surface area (TPSA) is 66.9 Å². The molecule has 1 aromatic carbocycles. The van der Waals surface area contributed by atoms with Crippen LogP contribution in [0.5, 0.6) is 0 Å². The number of nitrogens with one attached hydrogen (secondary N) is 2. The highest BCUT2D eigenvalue weighted by molar-refractivity contribution is 8.01. The fourth-order valence-corrected chi connectivity index (χ4v) is 3.93. The van der Waals surface area contributed by atoms with Crippen molar-refractivity contribution in [1.29, 1.82) is 0 Å². The number of anilines is 2. The van der Waals surface area contributed by atoms with Crippen molar-refractivity contribution in [1.82, 2.24) is 10.2 Å². The van der Waals surface area contributed by atoms with E-state index in [1.807, 2.05) is 0 Å². The first-order chi connectivity index (χ1) is 11.0. The fraction of sp³-hybridized carbons (Fsp3) is 0.154. The molecule has 0 unspecified atom stereocenters. The Morgan fingerprint density at radius 3 is 2.65 bits per heavy atom. The molecule has 5 nitrogen and oxygen atoms in total. The van der Waals surface area contributed by atoms with Crippen LogP contribution in [0.2, 0.25) is 15.1 Å². The molecule has 1 aromatic heterocycles. The molecule has 0 spiro atoms. The average Bonchev–Trinajstić information content (AvgIpc) is 2.94. The van der Waals surface area contributed by atoms with Crippen molar-refractivity contribution in [3.05, 3.63) is 39.9 Å². The highest BCUT2D eigenvalue weighted by Crippen LogP contribution is 2.34. The number of carbonyl (C=O) groups is 1. The smallest absolute Gasteiger partial charge is 0.234 e. The van der Waals surface area contributed by atoms with Crippen molar-refractivity contribution in [3.63, 3.8) is 0 Å². The summed E-state index contributed by atoms with van der Waals surface area (Å²) in [6.45, 7) is 4.21. The molecule has 2 N–H and O–H groups in total. The van der Waals surface area contributed by atoms with Crippen molar-refractivity contribution < 1.29 is 4.79 Å². The van der Waals surface area contributed by atoms with Gasteiger partial charge in [-0.2, -0.15) is 0 Å². The third-order valence-corrected chi connectivity index (χ3v) is 5.23. The maximum Gasteiger partial charge on any atom is 0.234 e. The molecular formula is C13H11Cl3N4OS2. The van der Waals surface area contributed by atoms with Crippen LogP contribution in [0.3, 0.4) is 0 Å². The number of aromatic nitrogens is 2. The summed E-state index contributed by atoms with van der Waals surface area (Å²) in [5.41, 5.74) is 0.342. The van der Waals surface area contributed by atoms with Crippen LogP contribution < -0.4 is 10.6 Å². The summed E-state index contributed by atoms with van der Waals surface area (Å²) in [5.74, 6) is -0.0947. The minimum atomic E-state index is -0.253. The van der Waals surface area contributed by atoms with Crippen molar-refractivity contribution in [3.8, 4) is 0 Å². The molecule has 1 heterocycles.